The highest BCUT2D eigenvalue weighted by atomic mass is 19.1. The summed E-state index contributed by atoms with van der Waals surface area (Å²) in [5, 5.41) is 7.02. The van der Waals surface area contributed by atoms with Crippen LogP contribution in [0.4, 0.5) is 4.39 Å². The molecule has 36 heavy (non-hydrogen) atoms. The summed E-state index contributed by atoms with van der Waals surface area (Å²) in [6, 6.07) is 6.45. The molecule has 1 saturated carbocycles. The van der Waals surface area contributed by atoms with E-state index in [1.54, 1.807) is 30.2 Å². The van der Waals surface area contributed by atoms with E-state index in [9.17, 15) is 14.0 Å². The lowest BCUT2D eigenvalue weighted by molar-refractivity contribution is -0.119. The van der Waals surface area contributed by atoms with Gasteiger partial charge in [0.1, 0.15) is 17.2 Å². The van der Waals surface area contributed by atoms with E-state index < -0.39 is 11.7 Å². The second-order valence-corrected chi connectivity index (χ2v) is 9.39. The van der Waals surface area contributed by atoms with Crippen LogP contribution in [-0.4, -0.2) is 36.0 Å². The summed E-state index contributed by atoms with van der Waals surface area (Å²) in [6.45, 7) is 2.13. The lowest BCUT2D eigenvalue weighted by atomic mass is 10.1. The fraction of sp³-hybridized carbons (Fsp3) is 0.370. The van der Waals surface area contributed by atoms with Crippen molar-refractivity contribution in [3.05, 3.63) is 65.8 Å². The molecule has 0 saturated heterocycles. The molecular weight excluding hydrogens is 459 g/mol. The maximum absolute atomic E-state index is 14.3. The summed E-state index contributed by atoms with van der Waals surface area (Å²) >= 11 is 0. The maximum atomic E-state index is 14.3. The molecule has 1 fully saturated rings. The van der Waals surface area contributed by atoms with Crippen LogP contribution in [0.1, 0.15) is 66.8 Å². The molecule has 1 aromatic carbocycles. The molecule has 9 heteroatoms. The predicted molar refractivity (Wildman–Crippen MR) is 134 cm³/mol. The molecule has 0 aliphatic heterocycles. The minimum atomic E-state index is -0.393. The van der Waals surface area contributed by atoms with Crippen LogP contribution in [-0.2, 0) is 24.9 Å². The van der Waals surface area contributed by atoms with Crippen molar-refractivity contribution in [1.29, 1.82) is 0 Å². The van der Waals surface area contributed by atoms with Crippen molar-refractivity contribution in [1.82, 2.24) is 29.6 Å². The number of nitrogens with one attached hydrogen (secondary N) is 1. The highest BCUT2D eigenvalue weighted by Gasteiger charge is 2.27. The van der Waals surface area contributed by atoms with Crippen molar-refractivity contribution in [3.8, 4) is 11.1 Å². The molecule has 0 radical (unpaired) electrons. The summed E-state index contributed by atoms with van der Waals surface area (Å²) < 4.78 is 17.9. The number of pyridine rings is 1. The van der Waals surface area contributed by atoms with Crippen LogP contribution >= 0.6 is 0 Å². The Morgan fingerprint density at radius 2 is 1.97 bits per heavy atom. The number of ketones is 1. The fourth-order valence-corrected chi connectivity index (χ4v) is 4.96. The number of hydrogen-bond acceptors (Lipinski definition) is 5. The molecule has 0 spiro atoms. The Bertz CT molecular complexity index is 1430. The van der Waals surface area contributed by atoms with E-state index in [0.29, 0.717) is 28.6 Å². The molecule has 1 N–H and O–H groups in total. The molecule has 186 valence electrons. The minimum absolute atomic E-state index is 0.0754. The molecule has 1 aliphatic carbocycles. The standard InChI is InChI=1S/C27H29FN6O2/c1-3-22(35)16-34-25-23(32-26(34)18-6-4-5-7-18)8-9-29-24(25)27(36)30-13-17-10-19(12-21(28)11-17)20-14-31-33(2)15-20/h8-12,14-15,18H,3-7,13,16H2,1-2H3,(H,30,36). The van der Waals surface area contributed by atoms with Crippen molar-refractivity contribution in [2.75, 3.05) is 0 Å². The third-order valence-electron chi connectivity index (χ3n) is 6.80. The lowest BCUT2D eigenvalue weighted by Gasteiger charge is -2.14. The molecule has 5 rings (SSSR count). The summed E-state index contributed by atoms with van der Waals surface area (Å²) in [5.41, 5.74) is 3.55. The first kappa shape index (κ1) is 23.8. The number of benzene rings is 1. The third-order valence-corrected chi connectivity index (χ3v) is 6.80. The molecular formula is C27H29FN6O2. The summed E-state index contributed by atoms with van der Waals surface area (Å²) in [5.74, 6) is 0.425. The van der Waals surface area contributed by atoms with Gasteiger partial charge in [-0.05, 0) is 48.2 Å². The second kappa shape index (κ2) is 10.0. The highest BCUT2D eigenvalue weighted by molar-refractivity contribution is 6.03. The minimum Gasteiger partial charge on any atom is -0.347 e. The average Bonchev–Trinajstić information content (AvgIpc) is 3.62. The van der Waals surface area contributed by atoms with Crippen molar-refractivity contribution >= 4 is 22.7 Å². The van der Waals surface area contributed by atoms with Crippen LogP contribution in [0.25, 0.3) is 22.2 Å². The van der Waals surface area contributed by atoms with Gasteiger partial charge in [0.25, 0.3) is 5.91 Å². The van der Waals surface area contributed by atoms with Crippen LogP contribution in [0, 0.1) is 5.82 Å². The number of Topliss-reactive ketones (excluding diaryl/α,β-unsaturated/α-hetero) is 1. The topological polar surface area (TPSA) is 94.7 Å². The van der Waals surface area contributed by atoms with E-state index in [2.05, 4.69) is 15.4 Å². The Labute approximate surface area is 208 Å². The van der Waals surface area contributed by atoms with E-state index in [0.717, 1.165) is 37.1 Å². The Hall–Kier alpha value is -3.88. The third kappa shape index (κ3) is 4.78. The fourth-order valence-electron chi connectivity index (χ4n) is 4.96. The van der Waals surface area contributed by atoms with Crippen molar-refractivity contribution in [2.45, 2.75) is 58.0 Å². The molecule has 0 bridgehead atoms. The van der Waals surface area contributed by atoms with E-state index in [1.807, 2.05) is 23.8 Å². The summed E-state index contributed by atoms with van der Waals surface area (Å²) in [4.78, 5) is 35.0. The molecule has 1 aliphatic rings. The van der Waals surface area contributed by atoms with Gasteiger partial charge in [0.15, 0.2) is 11.5 Å². The summed E-state index contributed by atoms with van der Waals surface area (Å²) in [6.07, 6.45) is 9.77. The van der Waals surface area contributed by atoms with E-state index in [1.165, 1.54) is 12.1 Å². The Morgan fingerprint density at radius 3 is 2.69 bits per heavy atom. The first-order valence-corrected chi connectivity index (χ1v) is 12.4. The van der Waals surface area contributed by atoms with E-state index in [-0.39, 0.29) is 30.5 Å². The Morgan fingerprint density at radius 1 is 1.17 bits per heavy atom. The van der Waals surface area contributed by atoms with E-state index in [4.69, 9.17) is 4.98 Å². The molecule has 0 unspecified atom stereocenters. The van der Waals surface area contributed by atoms with Crippen LogP contribution in [0.3, 0.4) is 0 Å². The number of carbonyl (C=O) groups is 2. The van der Waals surface area contributed by atoms with Gasteiger partial charge >= 0.3 is 0 Å². The molecule has 3 aromatic heterocycles. The van der Waals surface area contributed by atoms with Crippen LogP contribution in [0.15, 0.2) is 42.9 Å². The average molecular weight is 489 g/mol. The second-order valence-electron chi connectivity index (χ2n) is 9.39. The normalized spacial score (nSPS) is 14.0. The number of rotatable bonds is 8. The predicted octanol–water partition coefficient (Wildman–Crippen LogP) is 4.54. The zero-order chi connectivity index (χ0) is 25.2. The van der Waals surface area contributed by atoms with Crippen LogP contribution < -0.4 is 5.32 Å². The number of imidazole rings is 1. The quantitative estimate of drug-likeness (QED) is 0.393. The number of fused-ring (bicyclic) bond motifs is 1. The van der Waals surface area contributed by atoms with Crippen molar-refractivity contribution in [3.63, 3.8) is 0 Å². The van der Waals surface area contributed by atoms with Gasteiger partial charge in [0.05, 0.1) is 18.3 Å². The zero-order valence-electron chi connectivity index (χ0n) is 20.5. The monoisotopic (exact) mass is 488 g/mol. The van der Waals surface area contributed by atoms with Gasteiger partial charge < -0.3 is 9.88 Å². The molecule has 1 amide bonds. The van der Waals surface area contributed by atoms with Crippen LogP contribution in [0.2, 0.25) is 0 Å². The molecule has 3 heterocycles. The Balaban J connectivity index is 1.45. The number of nitrogens with zero attached hydrogens (tertiary/aromatic N) is 5. The SMILES string of the molecule is CCC(=O)Cn1c(C2CCCC2)nc2ccnc(C(=O)NCc3cc(F)cc(-c4cnn(C)c4)c3)c21. The number of aromatic nitrogens is 5. The lowest BCUT2D eigenvalue weighted by Crippen LogP contribution is -2.25. The smallest absolute Gasteiger partial charge is 0.272 e. The number of aryl methyl sites for hydroxylation is 1. The molecule has 0 atom stereocenters. The van der Waals surface area contributed by atoms with E-state index >= 15 is 0 Å². The number of halogens is 1. The van der Waals surface area contributed by atoms with Gasteiger partial charge in [0.2, 0.25) is 0 Å². The first-order chi connectivity index (χ1) is 17.4. The van der Waals surface area contributed by atoms with Crippen molar-refractivity contribution < 1.29 is 14.0 Å². The zero-order valence-corrected chi connectivity index (χ0v) is 20.5. The molecule has 4 aromatic rings. The largest absolute Gasteiger partial charge is 0.347 e. The maximum Gasteiger partial charge on any atom is 0.272 e. The van der Waals surface area contributed by atoms with Gasteiger partial charge in [-0.25, -0.2) is 14.4 Å². The number of amides is 1. The number of carbonyl (C=O) groups excluding carboxylic acids is 2. The van der Waals surface area contributed by atoms with Gasteiger partial charge in [-0.2, -0.15) is 5.10 Å². The highest BCUT2D eigenvalue weighted by Crippen LogP contribution is 2.35. The first-order valence-electron chi connectivity index (χ1n) is 12.4. The Kier molecular flexibility index (Phi) is 6.63. The van der Waals surface area contributed by atoms with Crippen molar-refractivity contribution in [2.24, 2.45) is 7.05 Å². The molecule has 8 nitrogen and oxygen atoms in total. The van der Waals surface area contributed by atoms with Gasteiger partial charge in [0, 0.05) is 43.9 Å². The van der Waals surface area contributed by atoms with Gasteiger partial charge in [-0.1, -0.05) is 19.8 Å². The van der Waals surface area contributed by atoms with Gasteiger partial charge in [-0.15, -0.1) is 0 Å². The number of hydrogen-bond donors (Lipinski definition) is 1. The summed E-state index contributed by atoms with van der Waals surface area (Å²) in [7, 11) is 1.80. The van der Waals surface area contributed by atoms with Crippen LogP contribution in [0.5, 0.6) is 0 Å². The van der Waals surface area contributed by atoms with Gasteiger partial charge in [-0.3, -0.25) is 14.3 Å².